The lowest BCUT2D eigenvalue weighted by atomic mass is 10.1. The van der Waals surface area contributed by atoms with E-state index >= 15 is 0 Å². The van der Waals surface area contributed by atoms with E-state index in [0.717, 1.165) is 0 Å². The smallest absolute Gasteiger partial charge is 0.222 e. The molecule has 6 heteroatoms. The Kier molecular flexibility index (Phi) is 4.10. The van der Waals surface area contributed by atoms with Crippen LogP contribution in [0.4, 0.5) is 0 Å². The van der Waals surface area contributed by atoms with E-state index in [1.165, 1.54) is 0 Å². The van der Waals surface area contributed by atoms with E-state index in [-0.39, 0.29) is 5.91 Å². The summed E-state index contributed by atoms with van der Waals surface area (Å²) in [7, 11) is -2.21. The Morgan fingerprint density at radius 3 is 2.40 bits per heavy atom. The topological polar surface area (TPSA) is 75.8 Å². The Morgan fingerprint density at radius 2 is 2.00 bits per heavy atom. The highest BCUT2D eigenvalue weighted by Crippen LogP contribution is 2.10. The van der Waals surface area contributed by atoms with Gasteiger partial charge in [0.15, 0.2) is 0 Å². The van der Waals surface area contributed by atoms with Crippen molar-refractivity contribution in [2.45, 2.75) is 20.3 Å². The summed E-state index contributed by atoms with van der Waals surface area (Å²) in [5.41, 5.74) is 0. The van der Waals surface area contributed by atoms with Gasteiger partial charge >= 0.3 is 0 Å². The van der Waals surface area contributed by atoms with E-state index in [2.05, 4.69) is 4.47 Å². The van der Waals surface area contributed by atoms with Crippen molar-refractivity contribution in [3.05, 3.63) is 0 Å². The maximum Gasteiger partial charge on any atom is 0.222 e. The van der Waals surface area contributed by atoms with Crippen LogP contribution in [0.3, 0.4) is 0 Å². The Hall–Kier alpha value is -0.620. The van der Waals surface area contributed by atoms with Crippen LogP contribution in [0.25, 0.3) is 0 Å². The fourth-order valence-corrected chi connectivity index (χ4v) is 2.98. The summed E-state index contributed by atoms with van der Waals surface area (Å²) in [6.07, 6.45) is 0.557. The normalized spacial score (nSPS) is 20.4. The second kappa shape index (κ2) is 4.94. The fourth-order valence-electron chi connectivity index (χ4n) is 1.55. The van der Waals surface area contributed by atoms with E-state index in [1.54, 1.807) is 4.90 Å². The summed E-state index contributed by atoms with van der Waals surface area (Å²) >= 11 is 0. The minimum Gasteiger partial charge on any atom is -0.341 e. The van der Waals surface area contributed by atoms with E-state index in [4.69, 9.17) is 5.84 Å². The van der Waals surface area contributed by atoms with Gasteiger partial charge in [-0.2, -0.15) is 4.47 Å². The van der Waals surface area contributed by atoms with Crippen molar-refractivity contribution in [1.82, 2.24) is 4.90 Å². The Balaban J connectivity index is 2.51. The van der Waals surface area contributed by atoms with Crippen LogP contribution < -0.4 is 5.84 Å². The lowest BCUT2D eigenvalue weighted by Crippen LogP contribution is -2.44. The van der Waals surface area contributed by atoms with Gasteiger partial charge in [0, 0.05) is 19.5 Å². The van der Waals surface area contributed by atoms with Crippen LogP contribution in [-0.2, 0) is 14.5 Å². The molecule has 88 valence electrons. The molecule has 0 bridgehead atoms. The van der Waals surface area contributed by atoms with Gasteiger partial charge in [0.2, 0.25) is 5.91 Å². The van der Waals surface area contributed by atoms with Crippen LogP contribution in [-0.4, -0.2) is 39.6 Å². The average Bonchev–Trinajstić information content (AvgIpc) is 2.18. The quantitative estimate of drug-likeness (QED) is 0.547. The second-order valence-electron chi connectivity index (χ2n) is 4.26. The molecule has 0 aromatic carbocycles. The molecule has 0 spiro atoms. The van der Waals surface area contributed by atoms with Gasteiger partial charge in [-0.1, -0.05) is 13.8 Å². The van der Waals surface area contributed by atoms with E-state index in [9.17, 15) is 9.00 Å². The molecule has 0 atom stereocenters. The minimum atomic E-state index is -2.21. The number of nitrogens with two attached hydrogens (primary N) is 1. The molecule has 0 unspecified atom stereocenters. The van der Waals surface area contributed by atoms with Crippen LogP contribution in [0.15, 0.2) is 4.47 Å². The third kappa shape index (κ3) is 3.46. The number of carbonyl (C=O) groups is 1. The summed E-state index contributed by atoms with van der Waals surface area (Å²) in [4.78, 5) is 13.4. The highest BCUT2D eigenvalue weighted by molar-refractivity contribution is 7.93. The van der Waals surface area contributed by atoms with Gasteiger partial charge in [0.1, 0.15) is 0 Å². The molecule has 1 aliphatic rings. The van der Waals surface area contributed by atoms with Crippen molar-refractivity contribution in [2.75, 3.05) is 24.6 Å². The van der Waals surface area contributed by atoms with Crippen LogP contribution >= 0.6 is 0 Å². The van der Waals surface area contributed by atoms with Crippen LogP contribution in [0, 0.1) is 5.92 Å². The predicted molar refractivity (Wildman–Crippen MR) is 60.5 cm³/mol. The first-order valence-electron chi connectivity index (χ1n) is 5.16. The molecular weight excluding hydrogens is 214 g/mol. The summed E-state index contributed by atoms with van der Waals surface area (Å²) in [5, 5.41) is 0. The number of hydrogen-bond acceptors (Lipinski definition) is 3. The first-order valence-corrected chi connectivity index (χ1v) is 7.01. The van der Waals surface area contributed by atoms with Gasteiger partial charge in [0.05, 0.1) is 21.2 Å². The third-order valence-electron chi connectivity index (χ3n) is 2.49. The van der Waals surface area contributed by atoms with Crippen LogP contribution in [0.1, 0.15) is 20.3 Å². The number of amides is 1. The molecule has 1 aliphatic heterocycles. The highest BCUT2D eigenvalue weighted by atomic mass is 32.2. The van der Waals surface area contributed by atoms with Gasteiger partial charge < -0.3 is 4.90 Å². The summed E-state index contributed by atoms with van der Waals surface area (Å²) < 4.78 is 15.2. The standard InChI is InChI=1S/C9H19N3O2S/c1-8(2)7-9(13)12-3-5-15(14,11-10)6-4-12/h8H,3-7,10H2,1-2H3. The largest absolute Gasteiger partial charge is 0.341 e. The third-order valence-corrected chi connectivity index (χ3v) is 4.51. The molecule has 1 saturated heterocycles. The zero-order valence-corrected chi connectivity index (χ0v) is 10.1. The predicted octanol–water partition coefficient (Wildman–Crippen LogP) is 0.216. The van der Waals surface area contributed by atoms with Crippen LogP contribution in [0.5, 0.6) is 0 Å². The zero-order chi connectivity index (χ0) is 11.5. The van der Waals surface area contributed by atoms with Crippen molar-refractivity contribution in [3.8, 4) is 0 Å². The molecular formula is C9H19N3O2S. The number of nitrogens with zero attached hydrogens (tertiary/aromatic N) is 2. The monoisotopic (exact) mass is 233 g/mol. The van der Waals surface area contributed by atoms with E-state index in [1.807, 2.05) is 13.8 Å². The van der Waals surface area contributed by atoms with Gasteiger partial charge in [-0.3, -0.25) is 4.79 Å². The van der Waals surface area contributed by atoms with Crippen molar-refractivity contribution in [1.29, 1.82) is 0 Å². The molecule has 0 aliphatic carbocycles. The van der Waals surface area contributed by atoms with Gasteiger partial charge in [-0.25, -0.2) is 10.1 Å². The molecule has 0 saturated carbocycles. The van der Waals surface area contributed by atoms with Crippen LogP contribution in [0.2, 0.25) is 0 Å². The Morgan fingerprint density at radius 1 is 1.47 bits per heavy atom. The van der Waals surface area contributed by atoms with Gasteiger partial charge in [-0.05, 0) is 5.92 Å². The summed E-state index contributed by atoms with van der Waals surface area (Å²) in [5.74, 6) is 6.41. The number of hydrogen-bond donors (Lipinski definition) is 1. The highest BCUT2D eigenvalue weighted by Gasteiger charge is 2.23. The first kappa shape index (κ1) is 12.4. The van der Waals surface area contributed by atoms with Crippen molar-refractivity contribution >= 4 is 15.6 Å². The molecule has 0 radical (unpaired) electrons. The number of rotatable bonds is 2. The Bertz CT molecular complexity index is 331. The molecule has 1 fully saturated rings. The minimum absolute atomic E-state index is 0.142. The molecule has 2 N–H and O–H groups in total. The summed E-state index contributed by atoms with van der Waals surface area (Å²) in [6.45, 7) is 5.07. The molecule has 1 amide bonds. The van der Waals surface area contributed by atoms with Gasteiger partial charge in [0.25, 0.3) is 0 Å². The van der Waals surface area contributed by atoms with E-state index < -0.39 is 9.73 Å². The lowest BCUT2D eigenvalue weighted by molar-refractivity contribution is -0.131. The fraction of sp³-hybridized carbons (Fsp3) is 0.889. The van der Waals surface area contributed by atoms with Crippen molar-refractivity contribution in [2.24, 2.45) is 16.2 Å². The second-order valence-corrected chi connectivity index (χ2v) is 6.84. The Labute approximate surface area is 91.2 Å². The molecule has 1 heterocycles. The molecule has 5 nitrogen and oxygen atoms in total. The molecule has 0 aromatic rings. The average molecular weight is 233 g/mol. The first-order chi connectivity index (χ1) is 6.97. The molecule has 15 heavy (non-hydrogen) atoms. The van der Waals surface area contributed by atoms with Crippen molar-refractivity contribution < 1.29 is 9.00 Å². The number of carbonyl (C=O) groups excluding carboxylic acids is 1. The van der Waals surface area contributed by atoms with Gasteiger partial charge in [-0.15, -0.1) is 0 Å². The zero-order valence-electron chi connectivity index (χ0n) is 9.31. The summed E-state index contributed by atoms with van der Waals surface area (Å²) in [6, 6.07) is 0. The molecule has 0 aromatic heterocycles. The maximum absolute atomic E-state index is 11.7. The molecule has 1 rings (SSSR count). The maximum atomic E-state index is 11.7. The van der Waals surface area contributed by atoms with E-state index in [0.29, 0.717) is 36.9 Å². The lowest BCUT2D eigenvalue weighted by Gasteiger charge is -2.28. The van der Waals surface area contributed by atoms with Crippen molar-refractivity contribution in [3.63, 3.8) is 0 Å². The SMILES string of the molecule is CC(C)CC(=O)N1CCS(=O)(=NN)CC1.